The molecule has 0 aliphatic carbocycles. The van der Waals surface area contributed by atoms with Crippen molar-refractivity contribution in [3.8, 4) is 17.1 Å². The fraction of sp³-hybridized carbons (Fsp3) is 0.154. The number of carbonyl (C=O) groups is 1. The molecule has 1 unspecified atom stereocenters. The maximum Gasteiger partial charge on any atom is 0.254 e. The molecule has 4 aromatic heterocycles. The van der Waals surface area contributed by atoms with Gasteiger partial charge in [0.05, 0.1) is 39.1 Å². The zero-order valence-electron chi connectivity index (χ0n) is 19.8. The van der Waals surface area contributed by atoms with E-state index in [1.165, 1.54) is 0 Å². The van der Waals surface area contributed by atoms with Crippen LogP contribution >= 0.6 is 23.2 Å². The van der Waals surface area contributed by atoms with Crippen LogP contribution in [-0.4, -0.2) is 37.3 Å². The number of hydrogen-bond donors (Lipinski definition) is 2. The standard InChI is InChI=1S/C26H23Cl2N7O/c1-15-5-4-6-25(31-15)35-22(18-9-10-34-23(12-18)19(14-30-34)26(36)29-3)13-24(33-35)32-16(2)17-7-8-20(27)21(28)11-17/h4-14,16H,1-3H3,(H,29,36)(H,32,33). The number of rotatable bonds is 6. The van der Waals surface area contributed by atoms with Crippen LogP contribution in [0.3, 0.4) is 0 Å². The molecule has 0 aliphatic rings. The second-order valence-electron chi connectivity index (χ2n) is 8.39. The Morgan fingerprint density at radius 1 is 1.06 bits per heavy atom. The molecule has 0 radical (unpaired) electrons. The molecule has 0 spiro atoms. The van der Waals surface area contributed by atoms with Gasteiger partial charge in [0.15, 0.2) is 5.82 Å². The highest BCUT2D eigenvalue weighted by molar-refractivity contribution is 6.42. The molecule has 0 saturated carbocycles. The van der Waals surface area contributed by atoms with Gasteiger partial charge in [0.2, 0.25) is 0 Å². The van der Waals surface area contributed by atoms with Gasteiger partial charge < -0.3 is 10.6 Å². The summed E-state index contributed by atoms with van der Waals surface area (Å²) in [6.45, 7) is 3.96. The third-order valence-corrected chi connectivity index (χ3v) is 6.64. The molecule has 0 aliphatic heterocycles. The smallest absolute Gasteiger partial charge is 0.254 e. The van der Waals surface area contributed by atoms with Gasteiger partial charge in [-0.3, -0.25) is 4.79 Å². The van der Waals surface area contributed by atoms with Gasteiger partial charge in [-0.25, -0.2) is 14.2 Å². The summed E-state index contributed by atoms with van der Waals surface area (Å²) in [6.07, 6.45) is 3.38. The number of amides is 1. The van der Waals surface area contributed by atoms with Crippen molar-refractivity contribution in [1.82, 2.24) is 29.7 Å². The van der Waals surface area contributed by atoms with Crippen LogP contribution in [-0.2, 0) is 0 Å². The van der Waals surface area contributed by atoms with E-state index in [9.17, 15) is 4.79 Å². The van der Waals surface area contributed by atoms with E-state index in [0.29, 0.717) is 32.8 Å². The van der Waals surface area contributed by atoms with Crippen molar-refractivity contribution in [2.75, 3.05) is 12.4 Å². The third-order valence-electron chi connectivity index (χ3n) is 5.90. The number of benzene rings is 1. The van der Waals surface area contributed by atoms with E-state index in [0.717, 1.165) is 22.5 Å². The lowest BCUT2D eigenvalue weighted by Gasteiger charge is -2.14. The van der Waals surface area contributed by atoms with E-state index in [2.05, 4.69) is 20.7 Å². The number of fused-ring (bicyclic) bond motifs is 1. The summed E-state index contributed by atoms with van der Waals surface area (Å²) >= 11 is 12.3. The van der Waals surface area contributed by atoms with Crippen LogP contribution < -0.4 is 10.6 Å². The normalized spacial score (nSPS) is 12.0. The maximum atomic E-state index is 12.3. The number of anilines is 1. The van der Waals surface area contributed by atoms with Gasteiger partial charge >= 0.3 is 0 Å². The van der Waals surface area contributed by atoms with E-state index in [1.54, 1.807) is 28.5 Å². The summed E-state index contributed by atoms with van der Waals surface area (Å²) in [5.74, 6) is 1.14. The highest BCUT2D eigenvalue weighted by Gasteiger charge is 2.18. The molecule has 1 aromatic carbocycles. The number of halogens is 2. The van der Waals surface area contributed by atoms with Crippen LogP contribution in [0.2, 0.25) is 10.0 Å². The molecule has 36 heavy (non-hydrogen) atoms. The van der Waals surface area contributed by atoms with Crippen molar-refractivity contribution in [1.29, 1.82) is 0 Å². The number of nitrogens with one attached hydrogen (secondary N) is 2. The lowest BCUT2D eigenvalue weighted by Crippen LogP contribution is -2.17. The van der Waals surface area contributed by atoms with Crippen molar-refractivity contribution in [3.05, 3.63) is 93.9 Å². The molecule has 8 nitrogen and oxygen atoms in total. The Bertz CT molecular complexity index is 1590. The van der Waals surface area contributed by atoms with Crippen molar-refractivity contribution < 1.29 is 4.79 Å². The van der Waals surface area contributed by atoms with Gasteiger partial charge in [-0.1, -0.05) is 35.3 Å². The Balaban J connectivity index is 1.59. The van der Waals surface area contributed by atoms with Crippen molar-refractivity contribution >= 4 is 40.4 Å². The molecule has 182 valence electrons. The number of carbonyl (C=O) groups excluding carboxylic acids is 1. The average Bonchev–Trinajstić information content (AvgIpc) is 3.49. The number of hydrogen-bond acceptors (Lipinski definition) is 5. The van der Waals surface area contributed by atoms with E-state index in [-0.39, 0.29) is 11.9 Å². The zero-order chi connectivity index (χ0) is 25.4. The molecule has 2 N–H and O–H groups in total. The van der Waals surface area contributed by atoms with Gasteiger partial charge in [0.1, 0.15) is 5.82 Å². The Labute approximate surface area is 217 Å². The minimum Gasteiger partial charge on any atom is -0.362 e. The molecule has 5 aromatic rings. The topological polar surface area (TPSA) is 89.1 Å². The van der Waals surface area contributed by atoms with Crippen LogP contribution in [0.15, 0.2) is 67.0 Å². The molecule has 4 heterocycles. The Morgan fingerprint density at radius 2 is 1.89 bits per heavy atom. The minimum atomic E-state index is -0.200. The van der Waals surface area contributed by atoms with E-state index < -0.39 is 0 Å². The molecule has 5 rings (SSSR count). The molecule has 0 saturated heterocycles. The van der Waals surface area contributed by atoms with Crippen LogP contribution in [0.25, 0.3) is 22.6 Å². The first-order chi connectivity index (χ1) is 17.3. The van der Waals surface area contributed by atoms with Gasteiger partial charge in [-0.15, -0.1) is 5.10 Å². The predicted octanol–water partition coefficient (Wildman–Crippen LogP) is 5.73. The summed E-state index contributed by atoms with van der Waals surface area (Å²) in [6, 6.07) is 17.1. The Kier molecular flexibility index (Phi) is 6.38. The molecular formula is C26H23Cl2N7O. The van der Waals surface area contributed by atoms with Gasteiger partial charge in [-0.2, -0.15) is 5.10 Å². The van der Waals surface area contributed by atoms with E-state index in [4.69, 9.17) is 28.3 Å². The molecule has 0 bridgehead atoms. The predicted molar refractivity (Wildman–Crippen MR) is 142 cm³/mol. The van der Waals surface area contributed by atoms with E-state index in [1.807, 2.05) is 68.6 Å². The summed E-state index contributed by atoms with van der Waals surface area (Å²) < 4.78 is 3.46. The molecule has 0 fully saturated rings. The lowest BCUT2D eigenvalue weighted by molar-refractivity contribution is 0.0964. The number of aryl methyl sites for hydroxylation is 1. The van der Waals surface area contributed by atoms with Gasteiger partial charge in [0, 0.05) is 30.6 Å². The van der Waals surface area contributed by atoms with Gasteiger partial charge in [0.25, 0.3) is 5.91 Å². The summed E-state index contributed by atoms with van der Waals surface area (Å²) in [4.78, 5) is 17.0. The zero-order valence-corrected chi connectivity index (χ0v) is 21.3. The highest BCUT2D eigenvalue weighted by Crippen LogP contribution is 2.31. The summed E-state index contributed by atoms with van der Waals surface area (Å²) in [5.41, 5.74) is 4.70. The molecule has 1 atom stereocenters. The third kappa shape index (κ3) is 4.53. The fourth-order valence-electron chi connectivity index (χ4n) is 4.02. The largest absolute Gasteiger partial charge is 0.362 e. The Morgan fingerprint density at radius 3 is 2.64 bits per heavy atom. The minimum absolute atomic E-state index is 0.0846. The van der Waals surface area contributed by atoms with Crippen LogP contribution in [0.5, 0.6) is 0 Å². The monoisotopic (exact) mass is 519 g/mol. The van der Waals surface area contributed by atoms with Crippen LogP contribution in [0, 0.1) is 6.92 Å². The van der Waals surface area contributed by atoms with Crippen LogP contribution in [0.4, 0.5) is 5.82 Å². The molecule has 1 amide bonds. The first-order valence-electron chi connectivity index (χ1n) is 11.3. The van der Waals surface area contributed by atoms with Crippen LogP contribution in [0.1, 0.15) is 34.6 Å². The summed E-state index contributed by atoms with van der Waals surface area (Å²) in [7, 11) is 1.60. The fourth-order valence-corrected chi connectivity index (χ4v) is 4.32. The first kappa shape index (κ1) is 23.8. The Hall–Kier alpha value is -3.88. The number of aromatic nitrogens is 5. The van der Waals surface area contributed by atoms with Gasteiger partial charge in [-0.05, 0) is 55.8 Å². The quantitative estimate of drug-likeness (QED) is 0.299. The SMILES string of the molecule is CNC(=O)c1cnn2ccc(-c3cc(NC(C)c4ccc(Cl)c(Cl)c4)nn3-c3cccc(C)n3)cc12. The number of nitrogens with zero attached hydrogens (tertiary/aromatic N) is 5. The number of pyridine rings is 2. The second-order valence-corrected chi connectivity index (χ2v) is 9.20. The molecular weight excluding hydrogens is 497 g/mol. The average molecular weight is 520 g/mol. The second kappa shape index (κ2) is 9.64. The molecule has 10 heteroatoms. The summed E-state index contributed by atoms with van der Waals surface area (Å²) in [5, 5.41) is 16.2. The van der Waals surface area contributed by atoms with Crippen molar-refractivity contribution in [2.24, 2.45) is 0 Å². The van der Waals surface area contributed by atoms with E-state index >= 15 is 0 Å². The highest BCUT2D eigenvalue weighted by atomic mass is 35.5. The lowest BCUT2D eigenvalue weighted by atomic mass is 10.1. The maximum absolute atomic E-state index is 12.3. The first-order valence-corrected chi connectivity index (χ1v) is 12.0. The van der Waals surface area contributed by atoms with Crippen molar-refractivity contribution in [3.63, 3.8) is 0 Å². The van der Waals surface area contributed by atoms with Crippen molar-refractivity contribution in [2.45, 2.75) is 19.9 Å².